The van der Waals surface area contributed by atoms with Gasteiger partial charge in [0, 0.05) is 0 Å². The van der Waals surface area contributed by atoms with Gasteiger partial charge in [0.1, 0.15) is 0 Å². The average Bonchev–Trinajstić information content (AvgIpc) is 3.04. The molecule has 22 heavy (non-hydrogen) atoms. The zero-order chi connectivity index (χ0) is 15.1. The Labute approximate surface area is 136 Å². The van der Waals surface area contributed by atoms with Gasteiger partial charge in [0.2, 0.25) is 0 Å². The second kappa shape index (κ2) is 5.87. The smallest absolute Gasteiger partial charge is 0.00123 e. The number of hydrogen-bond acceptors (Lipinski definition) is 0. The predicted molar refractivity (Wildman–Crippen MR) is 94.7 cm³/mol. The maximum atomic E-state index is 2.58. The molecule has 0 aromatic carbocycles. The van der Waals surface area contributed by atoms with E-state index >= 15 is 0 Å². The topological polar surface area (TPSA) is 0 Å². The Hall–Kier alpha value is -1.04. The molecular formula is C22H30. The Morgan fingerprint density at radius 2 is 1.09 bits per heavy atom. The van der Waals surface area contributed by atoms with Crippen molar-refractivity contribution >= 4 is 0 Å². The third-order valence-corrected chi connectivity index (χ3v) is 6.69. The summed E-state index contributed by atoms with van der Waals surface area (Å²) in [5, 5.41) is 0. The minimum absolute atomic E-state index is 0.746. The first-order valence-corrected chi connectivity index (χ1v) is 9.59. The molecule has 0 saturated heterocycles. The lowest BCUT2D eigenvalue weighted by molar-refractivity contribution is 0.613. The molecule has 4 aliphatic carbocycles. The molecule has 0 aliphatic heterocycles. The van der Waals surface area contributed by atoms with Gasteiger partial charge in [-0.3, -0.25) is 0 Å². The normalized spacial score (nSPS) is 31.2. The molecule has 118 valence electrons. The molecule has 0 amide bonds. The highest BCUT2D eigenvalue weighted by molar-refractivity contribution is 5.45. The third-order valence-electron chi connectivity index (χ3n) is 6.69. The van der Waals surface area contributed by atoms with Gasteiger partial charge in [0.25, 0.3) is 0 Å². The van der Waals surface area contributed by atoms with E-state index in [-0.39, 0.29) is 0 Å². The zero-order valence-electron chi connectivity index (χ0n) is 14.4. The van der Waals surface area contributed by atoms with Crippen molar-refractivity contribution in [2.75, 3.05) is 0 Å². The number of rotatable bonds is 3. The van der Waals surface area contributed by atoms with Gasteiger partial charge >= 0.3 is 0 Å². The molecular weight excluding hydrogens is 264 g/mol. The molecule has 0 radical (unpaired) electrons. The summed E-state index contributed by atoms with van der Waals surface area (Å²) in [6, 6.07) is 0. The molecule has 0 saturated carbocycles. The molecule has 4 rings (SSSR count). The highest BCUT2D eigenvalue weighted by atomic mass is 14.3. The van der Waals surface area contributed by atoms with Gasteiger partial charge < -0.3 is 0 Å². The van der Waals surface area contributed by atoms with E-state index in [4.69, 9.17) is 0 Å². The fraction of sp³-hybridized carbons (Fsp3) is 0.636. The van der Waals surface area contributed by atoms with Gasteiger partial charge in [-0.05, 0) is 87.2 Å². The Kier molecular flexibility index (Phi) is 3.88. The summed E-state index contributed by atoms with van der Waals surface area (Å²) in [7, 11) is 0. The molecule has 4 aliphatic rings. The molecule has 0 spiro atoms. The van der Waals surface area contributed by atoms with E-state index in [0.29, 0.717) is 0 Å². The average molecular weight is 294 g/mol. The highest BCUT2D eigenvalue weighted by Crippen LogP contribution is 2.45. The van der Waals surface area contributed by atoms with Gasteiger partial charge in [-0.25, -0.2) is 0 Å². The zero-order valence-corrected chi connectivity index (χ0v) is 14.4. The van der Waals surface area contributed by atoms with Crippen LogP contribution >= 0.6 is 0 Å². The van der Waals surface area contributed by atoms with E-state index in [0.717, 1.165) is 11.8 Å². The number of hydrogen-bond donors (Lipinski definition) is 0. The van der Waals surface area contributed by atoms with Crippen molar-refractivity contribution < 1.29 is 0 Å². The summed E-state index contributed by atoms with van der Waals surface area (Å²) in [6.07, 6.45) is 18.8. The van der Waals surface area contributed by atoms with Crippen LogP contribution in [-0.2, 0) is 0 Å². The summed E-state index contributed by atoms with van der Waals surface area (Å²) in [6.45, 7) is 4.91. The lowest BCUT2D eigenvalue weighted by atomic mass is 9.85. The van der Waals surface area contributed by atoms with E-state index in [1.165, 1.54) is 64.2 Å². The first kappa shape index (κ1) is 14.5. The molecule has 0 N–H and O–H groups in total. The summed E-state index contributed by atoms with van der Waals surface area (Å²) >= 11 is 0. The summed E-state index contributed by atoms with van der Waals surface area (Å²) in [5.41, 5.74) is 10.4. The van der Waals surface area contributed by atoms with Crippen LogP contribution in [-0.4, -0.2) is 0 Å². The molecule has 0 unspecified atom stereocenters. The van der Waals surface area contributed by atoms with Crippen molar-refractivity contribution in [1.82, 2.24) is 0 Å². The minimum Gasteiger partial charge on any atom is -0.0627 e. The van der Waals surface area contributed by atoms with Crippen molar-refractivity contribution in [2.24, 2.45) is 11.8 Å². The van der Waals surface area contributed by atoms with Gasteiger partial charge in [-0.1, -0.05) is 48.3 Å². The molecule has 2 atom stereocenters. The van der Waals surface area contributed by atoms with Crippen LogP contribution in [0.1, 0.15) is 78.1 Å². The van der Waals surface area contributed by atoms with E-state index in [2.05, 4.69) is 26.0 Å². The van der Waals surface area contributed by atoms with Crippen LogP contribution in [0.3, 0.4) is 0 Å². The lowest BCUT2D eigenvalue weighted by Crippen LogP contribution is -2.05. The largest absolute Gasteiger partial charge is 0.0627 e. The SMILES string of the molecule is C[C@@H]1C(CCC2=CC3=C(CCCC3)[C@@H]2C)=CC2=C1CCCC2. The highest BCUT2D eigenvalue weighted by Gasteiger charge is 2.28. The third kappa shape index (κ3) is 2.45. The van der Waals surface area contributed by atoms with Gasteiger partial charge in [-0.15, -0.1) is 0 Å². The first-order valence-electron chi connectivity index (χ1n) is 9.59. The molecule has 0 fully saturated rings. The van der Waals surface area contributed by atoms with Crippen molar-refractivity contribution in [2.45, 2.75) is 78.1 Å². The summed E-state index contributed by atoms with van der Waals surface area (Å²) in [5.74, 6) is 1.49. The van der Waals surface area contributed by atoms with E-state index in [9.17, 15) is 0 Å². The fourth-order valence-electron chi connectivity index (χ4n) is 5.23. The standard InChI is InChI=1S/C22H30/c1-15-17(13-19-7-3-5-9-21(15)19)11-12-18-14-20-8-4-6-10-22(20)16(18)2/h13-16H,3-12H2,1-2H3/t15-,16-/m1/s1. The van der Waals surface area contributed by atoms with Crippen LogP contribution < -0.4 is 0 Å². The van der Waals surface area contributed by atoms with Gasteiger partial charge in [-0.2, -0.15) is 0 Å². The lowest BCUT2D eigenvalue weighted by Gasteiger charge is -2.20. The van der Waals surface area contributed by atoms with Crippen LogP contribution in [0.4, 0.5) is 0 Å². The maximum absolute atomic E-state index is 2.58. The molecule has 0 nitrogen and oxygen atoms in total. The first-order chi connectivity index (χ1) is 10.7. The van der Waals surface area contributed by atoms with Crippen LogP contribution in [0.5, 0.6) is 0 Å². The molecule has 0 aromatic rings. The second-order valence-electron chi connectivity index (χ2n) is 7.90. The molecule has 0 bridgehead atoms. The fourth-order valence-corrected chi connectivity index (χ4v) is 5.23. The van der Waals surface area contributed by atoms with Crippen molar-refractivity contribution in [3.63, 3.8) is 0 Å². The number of allylic oxidation sites excluding steroid dienone is 8. The van der Waals surface area contributed by atoms with Crippen LogP contribution in [0.2, 0.25) is 0 Å². The Bertz CT molecular complexity index is 540. The maximum Gasteiger partial charge on any atom is -0.00123 e. The molecule has 0 heteroatoms. The van der Waals surface area contributed by atoms with Crippen LogP contribution in [0.25, 0.3) is 0 Å². The van der Waals surface area contributed by atoms with E-state index < -0.39 is 0 Å². The van der Waals surface area contributed by atoms with Crippen molar-refractivity contribution in [3.8, 4) is 0 Å². The van der Waals surface area contributed by atoms with E-state index in [1.807, 2.05) is 0 Å². The van der Waals surface area contributed by atoms with Crippen LogP contribution in [0, 0.1) is 11.8 Å². The summed E-state index contributed by atoms with van der Waals surface area (Å²) in [4.78, 5) is 0. The Balaban J connectivity index is 1.40. The van der Waals surface area contributed by atoms with Gasteiger partial charge in [0.15, 0.2) is 0 Å². The minimum atomic E-state index is 0.746. The monoisotopic (exact) mass is 294 g/mol. The van der Waals surface area contributed by atoms with Crippen molar-refractivity contribution in [1.29, 1.82) is 0 Å². The van der Waals surface area contributed by atoms with Gasteiger partial charge in [0.05, 0.1) is 0 Å². The summed E-state index contributed by atoms with van der Waals surface area (Å²) < 4.78 is 0. The Morgan fingerprint density at radius 1 is 0.682 bits per heavy atom. The Morgan fingerprint density at radius 3 is 1.50 bits per heavy atom. The van der Waals surface area contributed by atoms with Crippen molar-refractivity contribution in [3.05, 3.63) is 45.6 Å². The van der Waals surface area contributed by atoms with E-state index in [1.54, 1.807) is 33.4 Å². The predicted octanol–water partition coefficient (Wildman–Crippen LogP) is 6.66. The molecule has 0 aromatic heterocycles. The molecule has 0 heterocycles. The second-order valence-corrected chi connectivity index (χ2v) is 7.90. The quantitative estimate of drug-likeness (QED) is 0.546. The van der Waals surface area contributed by atoms with Crippen LogP contribution in [0.15, 0.2) is 45.6 Å².